The Hall–Kier alpha value is -2.42. The molecule has 1 heterocycles. The molecule has 3 N–H and O–H groups in total. The SMILES string of the molecule is CCOc1cccc(-c2nnc(SCC(=O)Nc3ccc(Cl)c(Cl)c3)n2N)c1. The van der Waals surface area contributed by atoms with E-state index in [9.17, 15) is 4.79 Å². The van der Waals surface area contributed by atoms with E-state index >= 15 is 0 Å². The number of thioether (sulfide) groups is 1. The Morgan fingerprint density at radius 3 is 2.79 bits per heavy atom. The van der Waals surface area contributed by atoms with Gasteiger partial charge in [-0.15, -0.1) is 10.2 Å². The Morgan fingerprint density at radius 1 is 1.21 bits per heavy atom. The summed E-state index contributed by atoms with van der Waals surface area (Å²) in [5.74, 6) is 7.18. The average Bonchev–Trinajstić information content (AvgIpc) is 3.04. The van der Waals surface area contributed by atoms with Crippen molar-refractivity contribution in [2.24, 2.45) is 0 Å². The number of anilines is 1. The Labute approximate surface area is 176 Å². The molecule has 2 aromatic carbocycles. The van der Waals surface area contributed by atoms with Crippen molar-refractivity contribution in [3.63, 3.8) is 0 Å². The molecule has 1 aromatic heterocycles. The molecule has 0 spiro atoms. The second-order valence-corrected chi connectivity index (χ2v) is 7.36. The van der Waals surface area contributed by atoms with Crippen LogP contribution in [0.4, 0.5) is 5.69 Å². The molecule has 0 aliphatic heterocycles. The number of hydrogen-bond acceptors (Lipinski definition) is 6. The van der Waals surface area contributed by atoms with E-state index in [1.807, 2.05) is 31.2 Å². The number of benzene rings is 2. The zero-order valence-electron chi connectivity index (χ0n) is 14.9. The second-order valence-electron chi connectivity index (χ2n) is 5.60. The van der Waals surface area contributed by atoms with Crippen molar-refractivity contribution >= 4 is 46.6 Å². The average molecular weight is 438 g/mol. The third-order valence-corrected chi connectivity index (χ3v) is 5.29. The molecule has 0 aliphatic rings. The number of carbonyl (C=O) groups excluding carboxylic acids is 1. The van der Waals surface area contributed by atoms with Gasteiger partial charge in [0, 0.05) is 11.3 Å². The first-order valence-corrected chi connectivity index (χ1v) is 10.0. The molecule has 146 valence electrons. The molecule has 28 heavy (non-hydrogen) atoms. The second kappa shape index (κ2) is 9.18. The fraction of sp³-hybridized carbons (Fsp3) is 0.167. The van der Waals surface area contributed by atoms with Gasteiger partial charge in [-0.1, -0.05) is 47.1 Å². The smallest absolute Gasteiger partial charge is 0.234 e. The molecule has 10 heteroatoms. The first-order valence-electron chi connectivity index (χ1n) is 8.29. The van der Waals surface area contributed by atoms with Gasteiger partial charge < -0.3 is 15.9 Å². The summed E-state index contributed by atoms with van der Waals surface area (Å²) >= 11 is 13.0. The number of hydrogen-bond donors (Lipinski definition) is 2. The van der Waals surface area contributed by atoms with Gasteiger partial charge in [-0.2, -0.15) is 0 Å². The maximum absolute atomic E-state index is 12.2. The minimum atomic E-state index is -0.230. The van der Waals surface area contributed by atoms with Crippen LogP contribution in [0.5, 0.6) is 5.75 Å². The van der Waals surface area contributed by atoms with Crippen molar-refractivity contribution in [1.82, 2.24) is 14.9 Å². The summed E-state index contributed by atoms with van der Waals surface area (Å²) < 4.78 is 6.84. The standard InChI is InChI=1S/C18H17Cl2N5O2S/c1-2-27-13-5-3-4-11(8-13)17-23-24-18(25(17)21)28-10-16(26)22-12-6-7-14(19)15(20)9-12/h3-9H,2,10,21H2,1H3,(H,22,26). The molecule has 3 aromatic rings. The lowest BCUT2D eigenvalue weighted by Crippen LogP contribution is -2.16. The van der Waals surface area contributed by atoms with E-state index in [0.717, 1.165) is 11.3 Å². The number of nitrogens with two attached hydrogens (primary N) is 1. The molecule has 0 bridgehead atoms. The molecule has 0 saturated heterocycles. The fourth-order valence-electron chi connectivity index (χ4n) is 2.37. The maximum Gasteiger partial charge on any atom is 0.234 e. The highest BCUT2D eigenvalue weighted by molar-refractivity contribution is 7.99. The van der Waals surface area contributed by atoms with Crippen LogP contribution in [0.1, 0.15) is 6.92 Å². The Kier molecular flexibility index (Phi) is 6.66. The van der Waals surface area contributed by atoms with E-state index in [1.54, 1.807) is 18.2 Å². The van der Waals surface area contributed by atoms with Gasteiger partial charge in [0.1, 0.15) is 5.75 Å². The summed E-state index contributed by atoms with van der Waals surface area (Å²) in [5, 5.41) is 12.1. The number of rotatable bonds is 7. The molecule has 0 unspecified atom stereocenters. The number of ether oxygens (including phenoxy) is 1. The van der Waals surface area contributed by atoms with Crippen LogP contribution in [0.15, 0.2) is 47.6 Å². The highest BCUT2D eigenvalue weighted by Gasteiger charge is 2.14. The lowest BCUT2D eigenvalue weighted by molar-refractivity contribution is -0.113. The molecule has 1 amide bonds. The first kappa shape index (κ1) is 20.3. The third-order valence-electron chi connectivity index (χ3n) is 3.60. The van der Waals surface area contributed by atoms with Crippen LogP contribution in [0.25, 0.3) is 11.4 Å². The van der Waals surface area contributed by atoms with E-state index in [-0.39, 0.29) is 11.7 Å². The minimum Gasteiger partial charge on any atom is -0.494 e. The number of aromatic nitrogens is 3. The summed E-state index contributed by atoms with van der Waals surface area (Å²) in [6.45, 7) is 2.48. The first-order chi connectivity index (χ1) is 13.5. The zero-order valence-corrected chi connectivity index (χ0v) is 17.2. The van der Waals surface area contributed by atoms with Crippen LogP contribution in [0.2, 0.25) is 10.0 Å². The molecular weight excluding hydrogens is 421 g/mol. The summed E-state index contributed by atoms with van der Waals surface area (Å²) in [5.41, 5.74) is 1.33. The highest BCUT2D eigenvalue weighted by Crippen LogP contribution is 2.26. The zero-order chi connectivity index (χ0) is 20.1. The van der Waals surface area contributed by atoms with E-state index in [4.69, 9.17) is 33.8 Å². The number of halogens is 2. The van der Waals surface area contributed by atoms with Crippen molar-refractivity contribution in [2.45, 2.75) is 12.1 Å². The lowest BCUT2D eigenvalue weighted by atomic mass is 10.2. The van der Waals surface area contributed by atoms with E-state index in [2.05, 4.69) is 15.5 Å². The molecule has 0 fully saturated rings. The van der Waals surface area contributed by atoms with Gasteiger partial charge in [0.15, 0.2) is 5.82 Å². The fourth-order valence-corrected chi connectivity index (χ4v) is 3.32. The van der Waals surface area contributed by atoms with Crippen LogP contribution in [-0.4, -0.2) is 33.1 Å². The Morgan fingerprint density at radius 2 is 2.04 bits per heavy atom. The van der Waals surface area contributed by atoms with Crippen LogP contribution >= 0.6 is 35.0 Å². The van der Waals surface area contributed by atoms with E-state index in [0.29, 0.717) is 33.3 Å². The summed E-state index contributed by atoms with van der Waals surface area (Å²) in [7, 11) is 0. The normalized spacial score (nSPS) is 10.7. The van der Waals surface area contributed by atoms with Gasteiger partial charge in [-0.3, -0.25) is 4.79 Å². The quantitative estimate of drug-likeness (QED) is 0.426. The predicted molar refractivity (Wildman–Crippen MR) is 113 cm³/mol. The third kappa shape index (κ3) is 4.89. The van der Waals surface area contributed by atoms with Gasteiger partial charge in [0.2, 0.25) is 11.1 Å². The monoisotopic (exact) mass is 437 g/mol. The van der Waals surface area contributed by atoms with Gasteiger partial charge in [0.25, 0.3) is 0 Å². The van der Waals surface area contributed by atoms with Crippen LogP contribution in [0.3, 0.4) is 0 Å². The van der Waals surface area contributed by atoms with Crippen LogP contribution < -0.4 is 15.9 Å². The number of nitrogen functional groups attached to an aromatic ring is 1. The number of nitrogens with zero attached hydrogens (tertiary/aromatic N) is 3. The molecule has 0 radical (unpaired) electrons. The number of amides is 1. The molecule has 0 atom stereocenters. The Balaban J connectivity index is 1.65. The highest BCUT2D eigenvalue weighted by atomic mass is 35.5. The van der Waals surface area contributed by atoms with Crippen LogP contribution in [-0.2, 0) is 4.79 Å². The maximum atomic E-state index is 12.2. The van der Waals surface area contributed by atoms with Crippen LogP contribution in [0, 0.1) is 0 Å². The van der Waals surface area contributed by atoms with Gasteiger partial charge in [-0.25, -0.2) is 4.68 Å². The summed E-state index contributed by atoms with van der Waals surface area (Å²) in [6, 6.07) is 12.3. The lowest BCUT2D eigenvalue weighted by Gasteiger charge is -2.07. The van der Waals surface area contributed by atoms with E-state index < -0.39 is 0 Å². The summed E-state index contributed by atoms with van der Waals surface area (Å²) in [4.78, 5) is 12.2. The van der Waals surface area contributed by atoms with Crippen molar-refractivity contribution in [3.05, 3.63) is 52.5 Å². The van der Waals surface area contributed by atoms with Crippen molar-refractivity contribution in [1.29, 1.82) is 0 Å². The van der Waals surface area contributed by atoms with Gasteiger partial charge in [0.05, 0.1) is 22.4 Å². The predicted octanol–water partition coefficient (Wildman–Crippen LogP) is 4.10. The van der Waals surface area contributed by atoms with Crippen molar-refractivity contribution < 1.29 is 9.53 Å². The number of carbonyl (C=O) groups is 1. The molecule has 0 aliphatic carbocycles. The van der Waals surface area contributed by atoms with Crippen molar-refractivity contribution in [3.8, 4) is 17.1 Å². The van der Waals surface area contributed by atoms with Crippen molar-refractivity contribution in [2.75, 3.05) is 23.5 Å². The molecular formula is C18H17Cl2N5O2S. The minimum absolute atomic E-state index is 0.106. The molecule has 3 rings (SSSR count). The topological polar surface area (TPSA) is 95.1 Å². The summed E-state index contributed by atoms with van der Waals surface area (Å²) in [6.07, 6.45) is 0. The number of nitrogens with one attached hydrogen (secondary N) is 1. The molecule has 0 saturated carbocycles. The van der Waals surface area contributed by atoms with Gasteiger partial charge >= 0.3 is 0 Å². The van der Waals surface area contributed by atoms with Gasteiger partial charge in [-0.05, 0) is 37.3 Å². The Bertz CT molecular complexity index is 996. The molecule has 7 nitrogen and oxygen atoms in total. The van der Waals surface area contributed by atoms with E-state index in [1.165, 1.54) is 16.4 Å². The largest absolute Gasteiger partial charge is 0.494 e.